The van der Waals surface area contributed by atoms with Crippen molar-refractivity contribution in [2.24, 2.45) is 0 Å². The molecule has 2 bridgehead atoms. The Hall–Kier alpha value is -2.74. The van der Waals surface area contributed by atoms with E-state index in [2.05, 4.69) is 20.5 Å². The van der Waals surface area contributed by atoms with Gasteiger partial charge in [-0.1, -0.05) is 11.6 Å². The molecule has 1 amide bonds. The summed E-state index contributed by atoms with van der Waals surface area (Å²) in [7, 11) is 0. The number of benzene rings is 2. The molecule has 3 unspecified atom stereocenters. The summed E-state index contributed by atoms with van der Waals surface area (Å²) in [5, 5.41) is 7.80. The van der Waals surface area contributed by atoms with Gasteiger partial charge < -0.3 is 15.4 Å². The number of halogens is 2. The second-order valence-corrected chi connectivity index (χ2v) is 9.20. The SMILES string of the molecule is CC(C(=O)Nc1ccc(Cl)cc1)N1C2CNCC1CC(Oc1ccnc3ccc(F)cc13)C2. The Balaban J connectivity index is 1.30. The van der Waals surface area contributed by atoms with E-state index in [9.17, 15) is 9.18 Å². The van der Waals surface area contributed by atoms with Gasteiger partial charge in [-0.2, -0.15) is 0 Å². The molecule has 1 aromatic heterocycles. The lowest BCUT2D eigenvalue weighted by Gasteiger charge is -2.50. The van der Waals surface area contributed by atoms with Crippen molar-refractivity contribution in [3.8, 4) is 5.75 Å². The van der Waals surface area contributed by atoms with Crippen molar-refractivity contribution in [2.75, 3.05) is 18.4 Å². The van der Waals surface area contributed by atoms with E-state index in [1.165, 1.54) is 12.1 Å². The number of ether oxygens (including phenoxy) is 1. The van der Waals surface area contributed by atoms with Gasteiger partial charge in [0.15, 0.2) is 0 Å². The minimum absolute atomic E-state index is 0.0151. The Morgan fingerprint density at radius 1 is 1.18 bits per heavy atom. The zero-order chi connectivity index (χ0) is 22.9. The third-order valence-corrected chi connectivity index (χ3v) is 6.82. The molecule has 2 N–H and O–H groups in total. The van der Waals surface area contributed by atoms with Crippen LogP contribution in [0.3, 0.4) is 0 Å². The second kappa shape index (κ2) is 9.25. The highest BCUT2D eigenvalue weighted by Gasteiger charge is 2.43. The summed E-state index contributed by atoms with van der Waals surface area (Å²) in [4.78, 5) is 19.6. The number of piperazine rings is 1. The Morgan fingerprint density at radius 3 is 2.64 bits per heavy atom. The minimum atomic E-state index is -0.309. The van der Waals surface area contributed by atoms with E-state index in [0.717, 1.165) is 31.6 Å². The maximum absolute atomic E-state index is 13.8. The number of amides is 1. The number of aromatic nitrogens is 1. The Morgan fingerprint density at radius 2 is 1.91 bits per heavy atom. The number of hydrogen-bond donors (Lipinski definition) is 2. The summed E-state index contributed by atoms with van der Waals surface area (Å²) in [5.74, 6) is 0.304. The molecule has 6 nitrogen and oxygen atoms in total. The third kappa shape index (κ3) is 4.67. The maximum Gasteiger partial charge on any atom is 0.241 e. The monoisotopic (exact) mass is 468 g/mol. The molecule has 3 heterocycles. The van der Waals surface area contributed by atoms with Crippen LogP contribution in [0.1, 0.15) is 19.8 Å². The van der Waals surface area contributed by atoms with E-state index in [1.807, 2.05) is 6.92 Å². The van der Waals surface area contributed by atoms with Gasteiger partial charge in [0, 0.05) is 60.3 Å². The molecule has 0 radical (unpaired) electrons. The van der Waals surface area contributed by atoms with Gasteiger partial charge in [-0.25, -0.2) is 4.39 Å². The number of carbonyl (C=O) groups excluding carboxylic acids is 1. The van der Waals surface area contributed by atoms with Gasteiger partial charge in [-0.15, -0.1) is 0 Å². The molecule has 3 atom stereocenters. The number of fused-ring (bicyclic) bond motifs is 3. The summed E-state index contributed by atoms with van der Waals surface area (Å²) in [6, 6.07) is 13.5. The first-order chi connectivity index (χ1) is 16.0. The summed E-state index contributed by atoms with van der Waals surface area (Å²) >= 11 is 5.95. The van der Waals surface area contributed by atoms with Crippen LogP contribution in [0.25, 0.3) is 10.9 Å². The van der Waals surface area contributed by atoms with Crippen LogP contribution in [0.2, 0.25) is 5.02 Å². The zero-order valence-corrected chi connectivity index (χ0v) is 19.1. The standard InChI is InChI=1S/C25H26ClFN4O2/c1-15(25(32)30-18-5-2-16(26)3-6-18)31-19-11-21(12-20(31)14-28-13-19)33-24-8-9-29-23-7-4-17(27)10-22(23)24/h2-10,15,19-21,28H,11-14H2,1H3,(H,30,32). The molecule has 0 spiro atoms. The first kappa shape index (κ1) is 22.1. The average Bonchev–Trinajstić information content (AvgIpc) is 2.80. The van der Waals surface area contributed by atoms with E-state index >= 15 is 0 Å². The van der Waals surface area contributed by atoms with Crippen LogP contribution >= 0.6 is 11.6 Å². The van der Waals surface area contributed by atoms with Crippen LogP contribution in [0.5, 0.6) is 5.75 Å². The van der Waals surface area contributed by atoms with Crippen LogP contribution in [0, 0.1) is 5.82 Å². The number of piperidine rings is 1. The van der Waals surface area contributed by atoms with Crippen LogP contribution in [-0.2, 0) is 4.79 Å². The predicted molar refractivity (Wildman–Crippen MR) is 127 cm³/mol. The number of anilines is 1. The number of pyridine rings is 1. The molecule has 5 rings (SSSR count). The van der Waals surface area contributed by atoms with Gasteiger partial charge in [-0.05, 0) is 55.5 Å². The van der Waals surface area contributed by atoms with Gasteiger partial charge in [0.05, 0.1) is 11.6 Å². The summed E-state index contributed by atoms with van der Waals surface area (Å²) in [6.45, 7) is 3.54. The number of nitrogens with one attached hydrogen (secondary N) is 2. The number of hydrogen-bond acceptors (Lipinski definition) is 5. The first-order valence-electron chi connectivity index (χ1n) is 11.2. The molecular formula is C25H26ClFN4O2. The summed E-state index contributed by atoms with van der Waals surface area (Å²) in [5.41, 5.74) is 1.44. The molecule has 0 saturated carbocycles. The first-order valence-corrected chi connectivity index (χ1v) is 11.6. The van der Waals surface area contributed by atoms with Crippen molar-refractivity contribution in [2.45, 2.75) is 44.0 Å². The highest BCUT2D eigenvalue weighted by atomic mass is 35.5. The Kier molecular flexibility index (Phi) is 6.19. The van der Waals surface area contributed by atoms with Crippen molar-refractivity contribution in [3.05, 3.63) is 65.6 Å². The maximum atomic E-state index is 13.8. The predicted octanol–water partition coefficient (Wildman–Crippen LogP) is 4.24. The number of carbonyl (C=O) groups is 1. The van der Waals surface area contributed by atoms with E-state index in [0.29, 0.717) is 21.7 Å². The normalized spacial score (nSPS) is 23.8. The van der Waals surface area contributed by atoms with E-state index in [4.69, 9.17) is 16.3 Å². The Labute approximate surface area is 197 Å². The molecule has 2 aromatic carbocycles. The zero-order valence-electron chi connectivity index (χ0n) is 18.3. The topological polar surface area (TPSA) is 66.5 Å². The fraction of sp³-hybridized carbons (Fsp3) is 0.360. The van der Waals surface area contributed by atoms with Crippen LogP contribution < -0.4 is 15.4 Å². The molecule has 0 aliphatic carbocycles. The molecule has 8 heteroatoms. The number of nitrogens with zero attached hydrogens (tertiary/aromatic N) is 2. The summed E-state index contributed by atoms with van der Waals surface area (Å²) in [6.07, 6.45) is 3.23. The molecule has 2 saturated heterocycles. The van der Waals surface area contributed by atoms with Gasteiger partial charge >= 0.3 is 0 Å². The molecule has 2 aliphatic heterocycles. The van der Waals surface area contributed by atoms with E-state index in [-0.39, 0.29) is 36.0 Å². The molecule has 33 heavy (non-hydrogen) atoms. The van der Waals surface area contributed by atoms with Crippen molar-refractivity contribution >= 4 is 34.1 Å². The fourth-order valence-corrected chi connectivity index (χ4v) is 5.18. The molecule has 172 valence electrons. The average molecular weight is 469 g/mol. The highest BCUT2D eigenvalue weighted by molar-refractivity contribution is 6.30. The number of rotatable bonds is 5. The second-order valence-electron chi connectivity index (χ2n) is 8.77. The van der Waals surface area contributed by atoms with Crippen LogP contribution in [-0.4, -0.2) is 53.1 Å². The van der Waals surface area contributed by atoms with Crippen molar-refractivity contribution in [1.82, 2.24) is 15.2 Å². The third-order valence-electron chi connectivity index (χ3n) is 6.57. The van der Waals surface area contributed by atoms with Crippen molar-refractivity contribution in [3.63, 3.8) is 0 Å². The molecule has 2 aliphatic rings. The Bertz CT molecular complexity index is 1140. The lowest BCUT2D eigenvalue weighted by Crippen LogP contribution is -2.66. The van der Waals surface area contributed by atoms with Gasteiger partial charge in [0.25, 0.3) is 0 Å². The lowest BCUT2D eigenvalue weighted by molar-refractivity contribution is -0.126. The molecular weight excluding hydrogens is 443 g/mol. The van der Waals surface area contributed by atoms with Crippen LogP contribution in [0.4, 0.5) is 10.1 Å². The van der Waals surface area contributed by atoms with Gasteiger partial charge in [-0.3, -0.25) is 14.7 Å². The quantitative estimate of drug-likeness (QED) is 0.586. The van der Waals surface area contributed by atoms with Crippen molar-refractivity contribution in [1.29, 1.82) is 0 Å². The van der Waals surface area contributed by atoms with E-state index < -0.39 is 0 Å². The minimum Gasteiger partial charge on any atom is -0.490 e. The molecule has 2 fully saturated rings. The van der Waals surface area contributed by atoms with Crippen molar-refractivity contribution < 1.29 is 13.9 Å². The summed E-state index contributed by atoms with van der Waals surface area (Å²) < 4.78 is 20.2. The highest BCUT2D eigenvalue weighted by Crippen LogP contribution is 2.33. The van der Waals surface area contributed by atoms with Crippen LogP contribution in [0.15, 0.2) is 54.7 Å². The lowest BCUT2D eigenvalue weighted by atomic mass is 9.88. The van der Waals surface area contributed by atoms with Gasteiger partial charge in [0.1, 0.15) is 17.7 Å². The smallest absolute Gasteiger partial charge is 0.241 e. The van der Waals surface area contributed by atoms with E-state index in [1.54, 1.807) is 42.6 Å². The van der Waals surface area contributed by atoms with Gasteiger partial charge in [0.2, 0.25) is 5.91 Å². The largest absolute Gasteiger partial charge is 0.490 e. The molecule has 3 aromatic rings. The fourth-order valence-electron chi connectivity index (χ4n) is 5.06.